The number of benzene rings is 1. The van der Waals surface area contributed by atoms with Crippen molar-refractivity contribution in [2.24, 2.45) is 0 Å². The molecular weight excluding hydrogens is 324 g/mol. The number of nitrogens with zero attached hydrogens (tertiary/aromatic N) is 2. The molecule has 2 amide bonds. The summed E-state index contributed by atoms with van der Waals surface area (Å²) in [6.07, 6.45) is 0. The minimum atomic E-state index is -1.18. The third-order valence-electron chi connectivity index (χ3n) is 4.03. The second-order valence-corrected chi connectivity index (χ2v) is 7.45. The molecule has 0 spiro atoms. The van der Waals surface area contributed by atoms with E-state index in [-0.39, 0.29) is 11.8 Å². The largest absolute Gasteiger partial charge is 0.353 e. The summed E-state index contributed by atoms with van der Waals surface area (Å²) in [6.45, 7) is 6.56. The molecule has 126 valence electrons. The van der Waals surface area contributed by atoms with Crippen molar-refractivity contribution in [3.8, 4) is 0 Å². The van der Waals surface area contributed by atoms with Gasteiger partial charge in [0, 0.05) is 17.1 Å². The Morgan fingerprint density at radius 3 is 2.83 bits per heavy atom. The molecule has 0 fully saturated rings. The summed E-state index contributed by atoms with van der Waals surface area (Å²) < 4.78 is 0.671. The lowest BCUT2D eigenvalue weighted by molar-refractivity contribution is -0.129. The Bertz CT molecular complexity index is 802. The SMILES string of the molecule is Cc1cc(C)n(CCNC(=O)[C@@]2(C)Sc3ccccc3NC2=O)n1. The van der Waals surface area contributed by atoms with Crippen LogP contribution in [0, 0.1) is 13.8 Å². The van der Waals surface area contributed by atoms with Crippen LogP contribution in [0.1, 0.15) is 18.3 Å². The number of carbonyl (C=O) groups is 2. The number of hydrogen-bond donors (Lipinski definition) is 2. The predicted molar refractivity (Wildman–Crippen MR) is 94.0 cm³/mol. The van der Waals surface area contributed by atoms with Crippen molar-refractivity contribution >= 4 is 29.3 Å². The van der Waals surface area contributed by atoms with Crippen molar-refractivity contribution in [1.29, 1.82) is 0 Å². The van der Waals surface area contributed by atoms with Crippen LogP contribution >= 0.6 is 11.8 Å². The van der Waals surface area contributed by atoms with E-state index in [0.29, 0.717) is 13.1 Å². The maximum atomic E-state index is 12.6. The van der Waals surface area contributed by atoms with E-state index in [4.69, 9.17) is 0 Å². The van der Waals surface area contributed by atoms with Gasteiger partial charge in [-0.2, -0.15) is 5.10 Å². The zero-order valence-corrected chi connectivity index (χ0v) is 14.7. The highest BCUT2D eigenvalue weighted by atomic mass is 32.2. The smallest absolute Gasteiger partial charge is 0.250 e. The van der Waals surface area contributed by atoms with Crippen LogP contribution in [0.4, 0.5) is 5.69 Å². The molecule has 0 unspecified atom stereocenters. The van der Waals surface area contributed by atoms with Gasteiger partial charge in [-0.1, -0.05) is 23.9 Å². The summed E-state index contributed by atoms with van der Waals surface area (Å²) in [7, 11) is 0. The van der Waals surface area contributed by atoms with E-state index in [1.807, 2.05) is 48.9 Å². The van der Waals surface area contributed by atoms with E-state index in [0.717, 1.165) is 22.0 Å². The van der Waals surface area contributed by atoms with E-state index in [1.165, 1.54) is 11.8 Å². The first-order valence-corrected chi connectivity index (χ1v) is 8.60. The maximum Gasteiger partial charge on any atom is 0.250 e. The molecule has 7 heteroatoms. The Hall–Kier alpha value is -2.28. The van der Waals surface area contributed by atoms with Gasteiger partial charge in [0.15, 0.2) is 4.75 Å². The van der Waals surface area contributed by atoms with Crippen LogP contribution < -0.4 is 10.6 Å². The Labute approximate surface area is 145 Å². The molecule has 0 aliphatic carbocycles. The van der Waals surface area contributed by atoms with Crippen LogP contribution in [-0.4, -0.2) is 32.9 Å². The fourth-order valence-electron chi connectivity index (χ4n) is 2.66. The quantitative estimate of drug-likeness (QED) is 0.833. The minimum Gasteiger partial charge on any atom is -0.353 e. The standard InChI is InChI=1S/C17H20N4O2S/c1-11-10-12(2)21(20-11)9-8-18-15(22)17(3)16(23)19-13-6-4-5-7-14(13)24-17/h4-7,10H,8-9H2,1-3H3,(H,18,22)(H,19,23)/t17-/m1/s1. The average molecular weight is 344 g/mol. The van der Waals surface area contributed by atoms with Gasteiger partial charge in [0.2, 0.25) is 11.8 Å². The number of aromatic nitrogens is 2. The molecule has 1 atom stereocenters. The monoisotopic (exact) mass is 344 g/mol. The minimum absolute atomic E-state index is 0.291. The number of para-hydroxylation sites is 1. The Morgan fingerprint density at radius 2 is 2.12 bits per heavy atom. The predicted octanol–water partition coefficient (Wildman–Crippen LogP) is 2.12. The van der Waals surface area contributed by atoms with Crippen LogP contribution in [0.25, 0.3) is 0 Å². The number of aryl methyl sites for hydroxylation is 2. The van der Waals surface area contributed by atoms with Gasteiger partial charge in [-0.25, -0.2) is 0 Å². The molecule has 2 heterocycles. The fourth-order valence-corrected chi connectivity index (χ4v) is 3.79. The number of carbonyl (C=O) groups excluding carboxylic acids is 2. The maximum absolute atomic E-state index is 12.6. The van der Waals surface area contributed by atoms with Gasteiger partial charge in [0.1, 0.15) is 0 Å². The number of amides is 2. The number of nitrogens with one attached hydrogen (secondary N) is 2. The summed E-state index contributed by atoms with van der Waals surface area (Å²) in [5.74, 6) is -0.587. The zero-order chi connectivity index (χ0) is 17.3. The van der Waals surface area contributed by atoms with Gasteiger partial charge >= 0.3 is 0 Å². The van der Waals surface area contributed by atoms with Crippen LogP contribution in [0.2, 0.25) is 0 Å². The first-order chi connectivity index (χ1) is 11.4. The molecule has 0 saturated heterocycles. The second kappa shape index (κ2) is 6.32. The van der Waals surface area contributed by atoms with Crippen molar-refractivity contribution in [1.82, 2.24) is 15.1 Å². The summed E-state index contributed by atoms with van der Waals surface area (Å²) >= 11 is 1.28. The topological polar surface area (TPSA) is 76.0 Å². The van der Waals surface area contributed by atoms with Crippen LogP contribution in [-0.2, 0) is 16.1 Å². The lowest BCUT2D eigenvalue weighted by Crippen LogP contribution is -2.52. The lowest BCUT2D eigenvalue weighted by atomic mass is 10.1. The number of fused-ring (bicyclic) bond motifs is 1. The number of thioether (sulfide) groups is 1. The molecule has 6 nitrogen and oxygen atoms in total. The Kier molecular flexibility index (Phi) is 4.36. The number of anilines is 1. The highest BCUT2D eigenvalue weighted by Crippen LogP contribution is 2.42. The molecule has 1 aliphatic heterocycles. The molecule has 24 heavy (non-hydrogen) atoms. The van der Waals surface area contributed by atoms with Crippen LogP contribution in [0.5, 0.6) is 0 Å². The molecule has 3 rings (SSSR count). The van der Waals surface area contributed by atoms with E-state index < -0.39 is 4.75 Å². The second-order valence-electron chi connectivity index (χ2n) is 5.99. The van der Waals surface area contributed by atoms with Gasteiger partial charge < -0.3 is 10.6 Å². The molecule has 2 N–H and O–H groups in total. The first kappa shape index (κ1) is 16.6. The Morgan fingerprint density at radius 1 is 1.38 bits per heavy atom. The van der Waals surface area contributed by atoms with Crippen LogP contribution in [0.3, 0.4) is 0 Å². The van der Waals surface area contributed by atoms with Gasteiger partial charge in [0.05, 0.1) is 17.9 Å². The first-order valence-electron chi connectivity index (χ1n) is 7.79. The number of rotatable bonds is 4. The van der Waals surface area contributed by atoms with E-state index in [1.54, 1.807) is 6.92 Å². The fraction of sp³-hybridized carbons (Fsp3) is 0.353. The van der Waals surface area contributed by atoms with E-state index in [2.05, 4.69) is 15.7 Å². The summed E-state index contributed by atoms with van der Waals surface area (Å²) in [5.41, 5.74) is 2.75. The summed E-state index contributed by atoms with van der Waals surface area (Å²) in [4.78, 5) is 25.9. The lowest BCUT2D eigenvalue weighted by Gasteiger charge is -2.31. The Balaban J connectivity index is 1.66. The highest BCUT2D eigenvalue weighted by Gasteiger charge is 2.45. The van der Waals surface area contributed by atoms with Crippen molar-refractivity contribution in [3.63, 3.8) is 0 Å². The summed E-state index contributed by atoms with van der Waals surface area (Å²) in [5, 5.41) is 10.0. The third kappa shape index (κ3) is 3.03. The van der Waals surface area contributed by atoms with E-state index >= 15 is 0 Å². The van der Waals surface area contributed by atoms with Crippen molar-refractivity contribution in [3.05, 3.63) is 41.7 Å². The third-order valence-corrected chi connectivity index (χ3v) is 5.38. The molecule has 2 aromatic rings. The summed E-state index contributed by atoms with van der Waals surface area (Å²) in [6, 6.07) is 9.48. The molecule has 0 bridgehead atoms. The number of hydrogen-bond acceptors (Lipinski definition) is 4. The van der Waals surface area contributed by atoms with Gasteiger partial charge in [-0.05, 0) is 39.0 Å². The molecule has 0 radical (unpaired) electrons. The average Bonchev–Trinajstić information content (AvgIpc) is 2.86. The van der Waals surface area contributed by atoms with Gasteiger partial charge in [-0.3, -0.25) is 14.3 Å². The molecule has 0 saturated carbocycles. The zero-order valence-electron chi connectivity index (χ0n) is 13.9. The van der Waals surface area contributed by atoms with Crippen LogP contribution in [0.15, 0.2) is 35.2 Å². The van der Waals surface area contributed by atoms with Crippen molar-refractivity contribution in [2.45, 2.75) is 37.0 Å². The normalized spacial score (nSPS) is 19.5. The van der Waals surface area contributed by atoms with E-state index in [9.17, 15) is 9.59 Å². The molecule has 1 aromatic heterocycles. The van der Waals surface area contributed by atoms with Crippen molar-refractivity contribution in [2.75, 3.05) is 11.9 Å². The molecular formula is C17H20N4O2S. The highest BCUT2D eigenvalue weighted by molar-refractivity contribution is 8.02. The van der Waals surface area contributed by atoms with Crippen molar-refractivity contribution < 1.29 is 9.59 Å². The van der Waals surface area contributed by atoms with Gasteiger partial charge in [0.25, 0.3) is 0 Å². The molecule has 1 aromatic carbocycles. The molecule has 1 aliphatic rings. The van der Waals surface area contributed by atoms with Gasteiger partial charge in [-0.15, -0.1) is 0 Å².